The van der Waals surface area contributed by atoms with Crippen molar-refractivity contribution in [2.45, 2.75) is 13.8 Å². The van der Waals surface area contributed by atoms with Crippen molar-refractivity contribution < 1.29 is 4.74 Å². The van der Waals surface area contributed by atoms with Gasteiger partial charge in [0.15, 0.2) is 0 Å². The van der Waals surface area contributed by atoms with Gasteiger partial charge in [-0.2, -0.15) is 10.1 Å². The van der Waals surface area contributed by atoms with Gasteiger partial charge in [-0.1, -0.05) is 17.7 Å². The Hall–Kier alpha value is -3.89. The molecule has 1 aromatic carbocycles. The summed E-state index contributed by atoms with van der Waals surface area (Å²) in [6, 6.07) is 9.52. The van der Waals surface area contributed by atoms with E-state index >= 15 is 0 Å². The van der Waals surface area contributed by atoms with Gasteiger partial charge < -0.3 is 15.0 Å². The summed E-state index contributed by atoms with van der Waals surface area (Å²) in [5, 5.41) is 8.13. The largest absolute Gasteiger partial charge is 0.378 e. The highest BCUT2D eigenvalue weighted by Gasteiger charge is 2.12. The lowest BCUT2D eigenvalue weighted by molar-refractivity contribution is 0.0678. The number of nitrogens with one attached hydrogen (secondary N) is 2. The van der Waals surface area contributed by atoms with Gasteiger partial charge in [0.2, 0.25) is 5.96 Å². The number of amidine groups is 1. The molecule has 0 atom stereocenters. The predicted octanol–water partition coefficient (Wildman–Crippen LogP) is 3.99. The Balaban J connectivity index is 1.35. The van der Waals surface area contributed by atoms with Crippen LogP contribution >= 0.6 is 11.6 Å². The molecule has 1 saturated heterocycles. The van der Waals surface area contributed by atoms with Gasteiger partial charge >= 0.3 is 0 Å². The molecule has 1 fully saturated rings. The first-order valence-electron chi connectivity index (χ1n) is 11.6. The minimum absolute atomic E-state index is 0.455. The molecular weight excluding hydrogens is 478 g/mol. The number of halogens is 1. The molecule has 0 bridgehead atoms. The zero-order valence-corrected chi connectivity index (χ0v) is 21.0. The van der Waals surface area contributed by atoms with Crippen LogP contribution in [0.4, 0.5) is 11.4 Å². The van der Waals surface area contributed by atoms with Crippen LogP contribution in [0.25, 0.3) is 11.1 Å². The number of pyridine rings is 1. The lowest BCUT2D eigenvalue weighted by Gasteiger charge is -2.28. The van der Waals surface area contributed by atoms with Gasteiger partial charge in [-0.05, 0) is 43.7 Å². The normalized spacial score (nSPS) is 14.8. The van der Waals surface area contributed by atoms with E-state index in [1.165, 1.54) is 6.33 Å². The molecule has 10 nitrogen and oxygen atoms in total. The van der Waals surface area contributed by atoms with Gasteiger partial charge in [-0.15, -0.1) is 0 Å². The second-order valence-electron chi connectivity index (χ2n) is 7.84. The van der Waals surface area contributed by atoms with Crippen LogP contribution in [-0.4, -0.2) is 70.7 Å². The second kappa shape index (κ2) is 12.7. The van der Waals surface area contributed by atoms with Crippen molar-refractivity contribution in [2.75, 3.05) is 38.2 Å². The van der Waals surface area contributed by atoms with E-state index < -0.39 is 0 Å². The molecule has 3 aromatic rings. The van der Waals surface area contributed by atoms with E-state index in [0.29, 0.717) is 36.4 Å². The van der Waals surface area contributed by atoms with Crippen LogP contribution in [0.5, 0.6) is 0 Å². The van der Waals surface area contributed by atoms with Crippen molar-refractivity contribution in [2.24, 2.45) is 15.1 Å². The van der Waals surface area contributed by atoms with E-state index in [9.17, 15) is 0 Å². The predicted molar refractivity (Wildman–Crippen MR) is 144 cm³/mol. The molecule has 0 spiro atoms. The fourth-order valence-electron chi connectivity index (χ4n) is 3.47. The fourth-order valence-corrected chi connectivity index (χ4v) is 3.70. The highest BCUT2D eigenvalue weighted by atomic mass is 35.5. The summed E-state index contributed by atoms with van der Waals surface area (Å²) in [5.74, 6) is 1.33. The Morgan fingerprint density at radius 2 is 1.92 bits per heavy atom. The average Bonchev–Trinajstić information content (AvgIpc) is 2.92. The van der Waals surface area contributed by atoms with E-state index in [1.807, 2.05) is 44.2 Å². The average molecular weight is 506 g/mol. The molecule has 0 unspecified atom stereocenters. The number of aromatic nitrogens is 3. The highest BCUT2D eigenvalue weighted by Crippen LogP contribution is 2.30. The van der Waals surface area contributed by atoms with Crippen molar-refractivity contribution >= 4 is 41.0 Å². The van der Waals surface area contributed by atoms with Crippen LogP contribution < -0.4 is 10.7 Å². The third kappa shape index (κ3) is 7.06. The number of morpholine rings is 1. The number of aliphatic imine (C=N–C) groups is 2. The summed E-state index contributed by atoms with van der Waals surface area (Å²) in [5.41, 5.74) is 7.02. The van der Waals surface area contributed by atoms with Crippen molar-refractivity contribution in [3.63, 3.8) is 0 Å². The molecule has 36 heavy (non-hydrogen) atoms. The maximum absolute atomic E-state index is 6.49. The second-order valence-corrected chi connectivity index (χ2v) is 8.25. The molecule has 0 radical (unpaired) electrons. The van der Waals surface area contributed by atoms with Crippen LogP contribution in [0.15, 0.2) is 70.3 Å². The third-order valence-corrected chi connectivity index (χ3v) is 5.65. The van der Waals surface area contributed by atoms with Crippen LogP contribution in [0, 0.1) is 0 Å². The van der Waals surface area contributed by atoms with E-state index in [1.54, 1.807) is 24.8 Å². The first-order chi connectivity index (χ1) is 17.6. The number of anilines is 2. The molecule has 0 amide bonds. The zero-order valence-electron chi connectivity index (χ0n) is 20.2. The molecule has 2 aromatic heterocycles. The number of ether oxygens (including phenoxy) is 1. The number of rotatable bonds is 6. The molecule has 3 heterocycles. The third-order valence-electron chi connectivity index (χ3n) is 5.33. The summed E-state index contributed by atoms with van der Waals surface area (Å²) in [4.78, 5) is 23.7. The van der Waals surface area contributed by atoms with Gasteiger partial charge in [0.1, 0.15) is 12.2 Å². The zero-order chi connectivity index (χ0) is 25.2. The molecular formula is C25H28ClN9O. The molecule has 1 aliphatic heterocycles. The van der Waals surface area contributed by atoms with Gasteiger partial charge in [-0.25, -0.2) is 15.4 Å². The summed E-state index contributed by atoms with van der Waals surface area (Å²) >= 11 is 6.49. The molecule has 1 aliphatic rings. The van der Waals surface area contributed by atoms with E-state index in [-0.39, 0.29) is 0 Å². The Labute approximate surface area is 215 Å². The van der Waals surface area contributed by atoms with Crippen molar-refractivity contribution in [3.8, 4) is 11.1 Å². The first-order valence-corrected chi connectivity index (χ1v) is 12.0. The van der Waals surface area contributed by atoms with E-state index in [4.69, 9.17) is 16.3 Å². The van der Waals surface area contributed by atoms with Crippen molar-refractivity contribution in [1.82, 2.24) is 25.3 Å². The SMILES string of the molecule is CCN=C(/N=C(\C)N1CCOCC1)N/N=C/c1ccc(Nc2ccc(-c3cncnc3)cc2Cl)cn1. The quantitative estimate of drug-likeness (QED) is 0.296. The van der Waals surface area contributed by atoms with Crippen molar-refractivity contribution in [3.05, 3.63) is 66.0 Å². The Morgan fingerprint density at radius 1 is 1.11 bits per heavy atom. The summed E-state index contributed by atoms with van der Waals surface area (Å²) < 4.78 is 5.40. The Bertz CT molecular complexity index is 1220. The van der Waals surface area contributed by atoms with Crippen LogP contribution in [0.1, 0.15) is 19.5 Å². The smallest absolute Gasteiger partial charge is 0.240 e. The topological polar surface area (TPSA) is 112 Å². The molecule has 186 valence electrons. The van der Waals surface area contributed by atoms with Crippen LogP contribution in [0.3, 0.4) is 0 Å². The van der Waals surface area contributed by atoms with Gasteiger partial charge in [0.25, 0.3) is 0 Å². The first kappa shape index (κ1) is 25.2. The number of hydrazone groups is 1. The van der Waals surface area contributed by atoms with Gasteiger partial charge in [0, 0.05) is 37.6 Å². The monoisotopic (exact) mass is 505 g/mol. The number of guanidine groups is 1. The number of hydrogen-bond acceptors (Lipinski definition) is 7. The highest BCUT2D eigenvalue weighted by molar-refractivity contribution is 6.33. The molecule has 0 aliphatic carbocycles. The summed E-state index contributed by atoms with van der Waals surface area (Å²) in [6.45, 7) is 7.56. The number of nitrogens with zero attached hydrogens (tertiary/aromatic N) is 7. The molecule has 4 rings (SSSR count). The molecule has 11 heteroatoms. The summed E-state index contributed by atoms with van der Waals surface area (Å²) in [6.07, 6.45) is 8.34. The standard InChI is InChI=1S/C25H28ClN9O/c1-3-29-25(32-18(2)35-8-10-36-11-9-35)34-31-16-21-5-6-22(15-30-21)33-24-7-4-19(12-23(24)26)20-13-27-17-28-14-20/h4-7,12-17,33H,3,8-11H2,1-2H3,(H,29,34)/b31-16+,32-18+. The summed E-state index contributed by atoms with van der Waals surface area (Å²) in [7, 11) is 0. The Morgan fingerprint density at radius 3 is 2.61 bits per heavy atom. The molecule has 2 N–H and O–H groups in total. The van der Waals surface area contributed by atoms with Crippen LogP contribution in [0.2, 0.25) is 5.02 Å². The number of hydrogen-bond donors (Lipinski definition) is 2. The molecule has 0 saturated carbocycles. The van der Waals surface area contributed by atoms with E-state index in [0.717, 1.165) is 41.4 Å². The van der Waals surface area contributed by atoms with Gasteiger partial charge in [0.05, 0.1) is 47.7 Å². The minimum atomic E-state index is 0.455. The maximum Gasteiger partial charge on any atom is 0.240 e. The minimum Gasteiger partial charge on any atom is -0.378 e. The fraction of sp³-hybridized carbons (Fsp3) is 0.280. The maximum atomic E-state index is 6.49. The van der Waals surface area contributed by atoms with Gasteiger partial charge in [-0.3, -0.25) is 9.98 Å². The van der Waals surface area contributed by atoms with E-state index in [2.05, 4.69) is 45.7 Å². The van der Waals surface area contributed by atoms with Crippen molar-refractivity contribution in [1.29, 1.82) is 0 Å². The lowest BCUT2D eigenvalue weighted by Crippen LogP contribution is -2.40. The number of benzene rings is 1. The lowest BCUT2D eigenvalue weighted by atomic mass is 10.1. The Kier molecular flexibility index (Phi) is 8.90. The van der Waals surface area contributed by atoms with Crippen LogP contribution in [-0.2, 0) is 4.74 Å².